The molecule has 2 rings (SSSR count). The highest BCUT2D eigenvalue weighted by Crippen LogP contribution is 2.36. The maximum Gasteiger partial charge on any atom is 0.417 e. The second-order valence-electron chi connectivity index (χ2n) is 5.23. The minimum atomic E-state index is -4.59. The van der Waals surface area contributed by atoms with Gasteiger partial charge in [0, 0.05) is 5.69 Å². The number of hydrogen-bond donors (Lipinski definition) is 2. The molecule has 0 radical (unpaired) electrons. The molecule has 2 N–H and O–H groups in total. The molecule has 0 atom stereocenters. The maximum absolute atomic E-state index is 12.8. The number of urea groups is 1. The number of anilines is 1. The molecule has 2 aromatic rings. The zero-order chi connectivity index (χ0) is 18.4. The van der Waals surface area contributed by atoms with Gasteiger partial charge in [0.15, 0.2) is 0 Å². The summed E-state index contributed by atoms with van der Waals surface area (Å²) in [6.45, 7) is 2.38. The Hall–Kier alpha value is -2.41. The summed E-state index contributed by atoms with van der Waals surface area (Å²) in [4.78, 5) is 11.7. The lowest BCUT2D eigenvalue weighted by Gasteiger charge is -2.12. The molecule has 25 heavy (non-hydrogen) atoms. The lowest BCUT2D eigenvalue weighted by Crippen LogP contribution is -2.32. The SMILES string of the molecule is Cc1ccc(OCCNC(=O)Nc2ccc(Cl)c(C(F)(F)F)c2)cc1. The molecule has 8 heteroatoms. The second-order valence-corrected chi connectivity index (χ2v) is 5.64. The fraction of sp³-hybridized carbons (Fsp3) is 0.235. The Labute approximate surface area is 147 Å². The van der Waals surface area contributed by atoms with E-state index in [1.807, 2.05) is 31.2 Å². The van der Waals surface area contributed by atoms with Crippen LogP contribution < -0.4 is 15.4 Å². The van der Waals surface area contributed by atoms with E-state index in [0.29, 0.717) is 5.75 Å². The Morgan fingerprint density at radius 1 is 1.16 bits per heavy atom. The molecule has 0 saturated heterocycles. The van der Waals surface area contributed by atoms with Gasteiger partial charge in [0.1, 0.15) is 12.4 Å². The number of rotatable bonds is 5. The second kappa shape index (κ2) is 8.11. The summed E-state index contributed by atoms with van der Waals surface area (Å²) in [5.41, 5.74) is 0.0920. The van der Waals surface area contributed by atoms with Gasteiger partial charge in [-0.1, -0.05) is 29.3 Å². The third-order valence-electron chi connectivity index (χ3n) is 3.21. The van der Waals surface area contributed by atoms with Crippen LogP contribution >= 0.6 is 11.6 Å². The summed E-state index contributed by atoms with van der Waals surface area (Å²) in [6, 6.07) is 9.93. The largest absolute Gasteiger partial charge is 0.492 e. The smallest absolute Gasteiger partial charge is 0.417 e. The fourth-order valence-electron chi connectivity index (χ4n) is 1.96. The van der Waals surface area contributed by atoms with Crippen LogP contribution in [-0.2, 0) is 6.18 Å². The number of aryl methyl sites for hydroxylation is 1. The molecule has 0 bridgehead atoms. The highest BCUT2D eigenvalue weighted by Gasteiger charge is 2.33. The molecule has 0 heterocycles. The van der Waals surface area contributed by atoms with Crippen molar-refractivity contribution in [2.45, 2.75) is 13.1 Å². The van der Waals surface area contributed by atoms with Crippen molar-refractivity contribution < 1.29 is 22.7 Å². The summed E-state index contributed by atoms with van der Waals surface area (Å²) in [7, 11) is 0. The maximum atomic E-state index is 12.8. The van der Waals surface area contributed by atoms with Crippen LogP contribution in [0.3, 0.4) is 0 Å². The van der Waals surface area contributed by atoms with Gasteiger partial charge in [0.05, 0.1) is 17.1 Å². The first-order chi connectivity index (χ1) is 11.8. The fourth-order valence-corrected chi connectivity index (χ4v) is 2.19. The van der Waals surface area contributed by atoms with Crippen molar-refractivity contribution in [3.8, 4) is 5.75 Å². The summed E-state index contributed by atoms with van der Waals surface area (Å²) >= 11 is 5.52. The number of benzene rings is 2. The van der Waals surface area contributed by atoms with Crippen molar-refractivity contribution in [1.82, 2.24) is 5.32 Å². The van der Waals surface area contributed by atoms with E-state index in [0.717, 1.165) is 17.7 Å². The van der Waals surface area contributed by atoms with E-state index in [4.69, 9.17) is 16.3 Å². The van der Waals surface area contributed by atoms with Crippen molar-refractivity contribution >= 4 is 23.3 Å². The highest BCUT2D eigenvalue weighted by molar-refractivity contribution is 6.31. The van der Waals surface area contributed by atoms with E-state index >= 15 is 0 Å². The topological polar surface area (TPSA) is 50.4 Å². The number of halogens is 4. The molecule has 0 spiro atoms. The summed E-state index contributed by atoms with van der Waals surface area (Å²) in [5, 5.41) is 4.39. The van der Waals surface area contributed by atoms with Crippen molar-refractivity contribution in [2.75, 3.05) is 18.5 Å². The van der Waals surface area contributed by atoms with E-state index in [1.54, 1.807) is 0 Å². The molecule has 0 aliphatic carbocycles. The van der Waals surface area contributed by atoms with Crippen LogP contribution in [0.5, 0.6) is 5.75 Å². The van der Waals surface area contributed by atoms with Crippen LogP contribution in [0.4, 0.5) is 23.7 Å². The van der Waals surface area contributed by atoms with E-state index in [1.165, 1.54) is 6.07 Å². The first-order valence-electron chi connectivity index (χ1n) is 7.37. The number of alkyl halides is 3. The number of amides is 2. The van der Waals surface area contributed by atoms with Crippen LogP contribution in [0.15, 0.2) is 42.5 Å². The Morgan fingerprint density at radius 2 is 1.84 bits per heavy atom. The van der Waals surface area contributed by atoms with Gasteiger partial charge in [-0.05, 0) is 37.3 Å². The van der Waals surface area contributed by atoms with Gasteiger partial charge in [0.25, 0.3) is 0 Å². The summed E-state index contributed by atoms with van der Waals surface area (Å²) in [5.74, 6) is 0.667. The molecule has 0 aromatic heterocycles. The van der Waals surface area contributed by atoms with Gasteiger partial charge in [0.2, 0.25) is 0 Å². The number of carbonyl (C=O) groups is 1. The number of carbonyl (C=O) groups excluding carboxylic acids is 1. The Kier molecular flexibility index (Phi) is 6.14. The van der Waals surface area contributed by atoms with Gasteiger partial charge < -0.3 is 15.4 Å². The third-order valence-corrected chi connectivity index (χ3v) is 3.54. The van der Waals surface area contributed by atoms with Crippen LogP contribution in [0.25, 0.3) is 0 Å². The predicted octanol–water partition coefficient (Wildman–Crippen LogP) is 4.87. The van der Waals surface area contributed by atoms with E-state index in [-0.39, 0.29) is 18.8 Å². The van der Waals surface area contributed by atoms with Gasteiger partial charge in [-0.15, -0.1) is 0 Å². The lowest BCUT2D eigenvalue weighted by molar-refractivity contribution is -0.137. The molecule has 4 nitrogen and oxygen atoms in total. The molecule has 2 aromatic carbocycles. The number of hydrogen-bond acceptors (Lipinski definition) is 2. The molecule has 134 valence electrons. The summed E-state index contributed by atoms with van der Waals surface area (Å²) in [6.07, 6.45) is -4.59. The Balaban J connectivity index is 1.81. The van der Waals surface area contributed by atoms with Gasteiger partial charge in [-0.2, -0.15) is 13.2 Å². The molecule has 0 saturated carbocycles. The Bertz CT molecular complexity index is 734. The minimum absolute atomic E-state index is 0.00585. The number of ether oxygens (including phenoxy) is 1. The third kappa shape index (κ3) is 5.86. The van der Waals surface area contributed by atoms with Gasteiger partial charge in [-0.25, -0.2) is 4.79 Å². The van der Waals surface area contributed by atoms with Crippen LogP contribution in [0.2, 0.25) is 5.02 Å². The molecule has 0 aliphatic rings. The van der Waals surface area contributed by atoms with Crippen molar-refractivity contribution in [1.29, 1.82) is 0 Å². The monoisotopic (exact) mass is 372 g/mol. The predicted molar refractivity (Wildman–Crippen MR) is 90.1 cm³/mol. The van der Waals surface area contributed by atoms with Crippen LogP contribution in [-0.4, -0.2) is 19.2 Å². The molecular weight excluding hydrogens is 357 g/mol. The highest BCUT2D eigenvalue weighted by atomic mass is 35.5. The molecule has 2 amide bonds. The van der Waals surface area contributed by atoms with E-state index in [9.17, 15) is 18.0 Å². The average Bonchev–Trinajstić information content (AvgIpc) is 2.54. The lowest BCUT2D eigenvalue weighted by atomic mass is 10.2. The first-order valence-corrected chi connectivity index (χ1v) is 7.74. The van der Waals surface area contributed by atoms with Gasteiger partial charge in [-0.3, -0.25) is 0 Å². The zero-order valence-electron chi connectivity index (χ0n) is 13.3. The molecule has 0 fully saturated rings. The van der Waals surface area contributed by atoms with E-state index < -0.39 is 22.8 Å². The van der Waals surface area contributed by atoms with Gasteiger partial charge >= 0.3 is 12.2 Å². The molecule has 0 aliphatic heterocycles. The van der Waals surface area contributed by atoms with E-state index in [2.05, 4.69) is 10.6 Å². The summed E-state index contributed by atoms with van der Waals surface area (Å²) < 4.78 is 43.7. The number of nitrogens with one attached hydrogen (secondary N) is 2. The van der Waals surface area contributed by atoms with Crippen molar-refractivity contribution in [2.24, 2.45) is 0 Å². The van der Waals surface area contributed by atoms with Crippen molar-refractivity contribution in [3.63, 3.8) is 0 Å². The van der Waals surface area contributed by atoms with Crippen molar-refractivity contribution in [3.05, 3.63) is 58.6 Å². The minimum Gasteiger partial charge on any atom is -0.492 e. The standard InChI is InChI=1S/C17H16ClF3N2O2/c1-11-2-5-13(6-3-11)25-9-8-22-16(24)23-12-4-7-15(18)14(10-12)17(19,20)21/h2-7,10H,8-9H2,1H3,(H2,22,23,24). The quantitative estimate of drug-likeness (QED) is 0.736. The zero-order valence-corrected chi connectivity index (χ0v) is 14.0. The van der Waals surface area contributed by atoms with Crippen LogP contribution in [0, 0.1) is 6.92 Å². The van der Waals surface area contributed by atoms with Crippen LogP contribution in [0.1, 0.15) is 11.1 Å². The average molecular weight is 373 g/mol. The first kappa shape index (κ1) is 18.9. The molecular formula is C17H16ClF3N2O2. The normalized spacial score (nSPS) is 11.1. The Morgan fingerprint density at radius 3 is 2.48 bits per heavy atom. The molecule has 0 unspecified atom stereocenters.